The number of aryl methyl sites for hydroxylation is 1. The Bertz CT molecular complexity index is 428. The maximum absolute atomic E-state index is 13.3. The minimum atomic E-state index is -3.45. The van der Waals surface area contributed by atoms with Gasteiger partial charge in [0, 0.05) is 11.6 Å². The van der Waals surface area contributed by atoms with Gasteiger partial charge < -0.3 is 0 Å². The van der Waals surface area contributed by atoms with E-state index in [1.54, 1.807) is 6.07 Å². The summed E-state index contributed by atoms with van der Waals surface area (Å²) in [5.41, 5.74) is 0.784. The number of benzene rings is 1. The Kier molecular flexibility index (Phi) is 3.66. The topological polar surface area (TPSA) is 34.1 Å². The van der Waals surface area contributed by atoms with Crippen molar-refractivity contribution in [3.63, 3.8) is 0 Å². The summed E-state index contributed by atoms with van der Waals surface area (Å²) >= 11 is 3.23. The molecule has 1 aromatic rings. The molecule has 0 radical (unpaired) electrons. The molecule has 5 heteroatoms. The van der Waals surface area contributed by atoms with Crippen LogP contribution in [-0.4, -0.2) is 20.0 Å². The minimum Gasteiger partial charge on any atom is -0.224 e. The molecule has 0 unspecified atom stereocenters. The highest BCUT2D eigenvalue weighted by atomic mass is 79.9. The Morgan fingerprint density at radius 1 is 1.43 bits per heavy atom. The molecule has 0 N–H and O–H groups in total. The molecule has 0 saturated heterocycles. The molecule has 0 bridgehead atoms. The summed E-state index contributed by atoms with van der Waals surface area (Å²) in [7, 11) is -3.45. The van der Waals surface area contributed by atoms with Crippen molar-refractivity contribution in [2.75, 3.05) is 11.6 Å². The van der Waals surface area contributed by atoms with E-state index in [-0.39, 0.29) is 4.90 Å². The largest absolute Gasteiger partial charge is 0.224 e. The quantitative estimate of drug-likeness (QED) is 0.796. The Balaban J connectivity index is 3.15. The Morgan fingerprint density at radius 3 is 2.50 bits per heavy atom. The number of hydrogen-bond donors (Lipinski definition) is 0. The van der Waals surface area contributed by atoms with Crippen molar-refractivity contribution in [1.29, 1.82) is 0 Å². The summed E-state index contributed by atoms with van der Waals surface area (Å²) in [6, 6.07) is 4.20. The van der Waals surface area contributed by atoms with Crippen molar-refractivity contribution in [1.82, 2.24) is 0 Å². The van der Waals surface area contributed by atoms with Gasteiger partial charge in [-0.25, -0.2) is 12.8 Å². The van der Waals surface area contributed by atoms with E-state index in [0.29, 0.717) is 6.42 Å². The molecule has 0 atom stereocenters. The van der Waals surface area contributed by atoms with Crippen LogP contribution >= 0.6 is 15.9 Å². The van der Waals surface area contributed by atoms with Crippen LogP contribution < -0.4 is 0 Å². The third-order valence-corrected chi connectivity index (χ3v) is 3.31. The average molecular weight is 281 g/mol. The normalized spacial score (nSPS) is 11.6. The van der Waals surface area contributed by atoms with Crippen molar-refractivity contribution in [2.24, 2.45) is 0 Å². The van der Waals surface area contributed by atoms with E-state index in [2.05, 4.69) is 15.9 Å². The number of hydrogen-bond acceptors (Lipinski definition) is 2. The lowest BCUT2D eigenvalue weighted by Gasteiger charge is -2.02. The fraction of sp³-hybridized carbons (Fsp3) is 0.333. The van der Waals surface area contributed by atoms with Gasteiger partial charge in [-0.15, -0.1) is 0 Å². The Labute approximate surface area is 91.2 Å². The molecule has 1 rings (SSSR count). The molecule has 0 fully saturated rings. The van der Waals surface area contributed by atoms with Crippen LogP contribution in [0, 0.1) is 5.82 Å². The number of alkyl halides is 1. The van der Waals surface area contributed by atoms with Crippen LogP contribution in [0.15, 0.2) is 23.1 Å². The molecular weight excluding hydrogens is 271 g/mol. The second-order valence-electron chi connectivity index (χ2n) is 2.98. The predicted octanol–water partition coefficient (Wildman–Crippen LogP) is 2.17. The van der Waals surface area contributed by atoms with Crippen molar-refractivity contribution in [3.8, 4) is 0 Å². The Hall–Kier alpha value is -0.420. The van der Waals surface area contributed by atoms with E-state index < -0.39 is 15.7 Å². The molecule has 0 amide bonds. The van der Waals surface area contributed by atoms with E-state index in [4.69, 9.17) is 0 Å². The first-order valence-electron chi connectivity index (χ1n) is 3.99. The number of rotatable bonds is 3. The summed E-state index contributed by atoms with van der Waals surface area (Å²) in [6.07, 6.45) is 1.68. The number of halogens is 2. The van der Waals surface area contributed by atoms with E-state index >= 15 is 0 Å². The Morgan fingerprint density at radius 2 is 2.07 bits per heavy atom. The highest BCUT2D eigenvalue weighted by Crippen LogP contribution is 2.16. The van der Waals surface area contributed by atoms with Crippen molar-refractivity contribution in [2.45, 2.75) is 11.3 Å². The van der Waals surface area contributed by atoms with Gasteiger partial charge in [0.25, 0.3) is 0 Å². The van der Waals surface area contributed by atoms with Crippen LogP contribution in [0.4, 0.5) is 4.39 Å². The summed E-state index contributed by atoms with van der Waals surface area (Å²) in [5, 5.41) is 0.727. The zero-order chi connectivity index (χ0) is 10.8. The molecule has 0 aliphatic rings. The first kappa shape index (κ1) is 11.7. The van der Waals surface area contributed by atoms with Crippen LogP contribution in [0.1, 0.15) is 5.56 Å². The molecule has 0 aliphatic carbocycles. The molecule has 0 aromatic heterocycles. The molecular formula is C9H10BrFO2S. The summed E-state index contributed by atoms with van der Waals surface area (Å²) in [6.45, 7) is 0. The van der Waals surface area contributed by atoms with Gasteiger partial charge in [0.05, 0.1) is 0 Å². The van der Waals surface area contributed by atoms with Crippen LogP contribution in [0.2, 0.25) is 0 Å². The van der Waals surface area contributed by atoms with Gasteiger partial charge in [0.1, 0.15) is 10.7 Å². The SMILES string of the molecule is CS(=O)(=O)c1ccc(CCBr)cc1F. The lowest BCUT2D eigenvalue weighted by atomic mass is 10.2. The fourth-order valence-electron chi connectivity index (χ4n) is 1.11. The standard InChI is InChI=1S/C9H10BrFO2S/c1-14(12,13)9-3-2-7(4-5-10)6-8(9)11/h2-3,6H,4-5H2,1H3. The van der Waals surface area contributed by atoms with E-state index in [1.165, 1.54) is 12.1 Å². The highest BCUT2D eigenvalue weighted by molar-refractivity contribution is 9.09. The molecule has 0 spiro atoms. The van der Waals surface area contributed by atoms with Gasteiger partial charge in [-0.1, -0.05) is 22.0 Å². The lowest BCUT2D eigenvalue weighted by molar-refractivity contribution is 0.569. The minimum absolute atomic E-state index is 0.240. The van der Waals surface area contributed by atoms with Gasteiger partial charge >= 0.3 is 0 Å². The van der Waals surface area contributed by atoms with Gasteiger partial charge in [-0.2, -0.15) is 0 Å². The van der Waals surface area contributed by atoms with Crippen LogP contribution in [0.5, 0.6) is 0 Å². The smallest absolute Gasteiger partial charge is 0.178 e. The van der Waals surface area contributed by atoms with E-state index in [0.717, 1.165) is 17.1 Å². The fourth-order valence-corrected chi connectivity index (χ4v) is 2.30. The average Bonchev–Trinajstić information content (AvgIpc) is 2.02. The molecule has 78 valence electrons. The molecule has 0 heterocycles. The van der Waals surface area contributed by atoms with Gasteiger partial charge in [-0.05, 0) is 24.1 Å². The maximum Gasteiger partial charge on any atom is 0.178 e. The summed E-state index contributed by atoms with van der Waals surface area (Å²) < 4.78 is 35.4. The summed E-state index contributed by atoms with van der Waals surface area (Å²) in [5.74, 6) is -0.675. The van der Waals surface area contributed by atoms with Crippen molar-refractivity contribution < 1.29 is 12.8 Å². The monoisotopic (exact) mass is 280 g/mol. The molecule has 0 saturated carbocycles. The van der Waals surface area contributed by atoms with Crippen LogP contribution in [0.25, 0.3) is 0 Å². The van der Waals surface area contributed by atoms with Crippen molar-refractivity contribution >= 4 is 25.8 Å². The van der Waals surface area contributed by atoms with E-state index in [9.17, 15) is 12.8 Å². The van der Waals surface area contributed by atoms with Gasteiger partial charge in [0.15, 0.2) is 9.84 Å². The maximum atomic E-state index is 13.3. The molecule has 2 nitrogen and oxygen atoms in total. The first-order chi connectivity index (χ1) is 6.45. The third-order valence-electron chi connectivity index (χ3n) is 1.78. The van der Waals surface area contributed by atoms with Crippen LogP contribution in [0.3, 0.4) is 0 Å². The molecule has 0 aliphatic heterocycles. The van der Waals surface area contributed by atoms with Gasteiger partial charge in [-0.3, -0.25) is 0 Å². The zero-order valence-electron chi connectivity index (χ0n) is 7.63. The molecule has 1 aromatic carbocycles. The number of sulfone groups is 1. The van der Waals surface area contributed by atoms with Crippen molar-refractivity contribution in [3.05, 3.63) is 29.6 Å². The second kappa shape index (κ2) is 4.40. The highest BCUT2D eigenvalue weighted by Gasteiger charge is 2.13. The first-order valence-corrected chi connectivity index (χ1v) is 7.01. The van der Waals surface area contributed by atoms with Crippen LogP contribution in [-0.2, 0) is 16.3 Å². The summed E-state index contributed by atoms with van der Waals surface area (Å²) in [4.78, 5) is -0.240. The molecule has 14 heavy (non-hydrogen) atoms. The van der Waals surface area contributed by atoms with E-state index in [1.807, 2.05) is 0 Å². The van der Waals surface area contributed by atoms with Gasteiger partial charge in [0.2, 0.25) is 0 Å². The second-order valence-corrected chi connectivity index (χ2v) is 5.75. The predicted molar refractivity (Wildman–Crippen MR) is 57.0 cm³/mol. The third kappa shape index (κ3) is 2.78. The zero-order valence-corrected chi connectivity index (χ0v) is 10.0. The lowest BCUT2D eigenvalue weighted by Crippen LogP contribution is -2.01.